The second-order valence-corrected chi connectivity index (χ2v) is 22.5. The summed E-state index contributed by atoms with van der Waals surface area (Å²) in [6.07, 6.45) is 56.0. The summed E-state index contributed by atoms with van der Waals surface area (Å²) < 4.78 is 12.7. The minimum absolute atomic E-state index is 0.455. The van der Waals surface area contributed by atoms with Crippen LogP contribution in [0.4, 0.5) is 0 Å². The van der Waals surface area contributed by atoms with E-state index in [0.717, 1.165) is 57.8 Å². The van der Waals surface area contributed by atoms with Crippen LogP contribution in [0, 0.1) is 0 Å². The number of unbranched alkanes of at least 4 members (excludes halogenated alkanes) is 45. The van der Waals surface area contributed by atoms with Gasteiger partial charge in [0.2, 0.25) is 0 Å². The van der Waals surface area contributed by atoms with Gasteiger partial charge in [-0.3, -0.25) is 0 Å². The van der Waals surface area contributed by atoms with Crippen molar-refractivity contribution in [3.63, 3.8) is 0 Å². The van der Waals surface area contributed by atoms with Crippen LogP contribution in [0.25, 0.3) is 0 Å². The van der Waals surface area contributed by atoms with Gasteiger partial charge in [0.1, 0.15) is 24.4 Å². The highest BCUT2D eigenvalue weighted by Crippen LogP contribution is 2.41. The fraction of sp³-hybridized carbons (Fsp3) is 1.00. The normalized spacial score (nSPS) is 14.0. The van der Waals surface area contributed by atoms with Gasteiger partial charge in [0.05, 0.1) is 12.2 Å². The molecule has 69 heavy (non-hydrogen) atoms. The van der Waals surface area contributed by atoms with E-state index in [1.165, 1.54) is 250 Å². The molecule has 0 aliphatic rings. The molecule has 0 aromatic heterocycles. The summed E-state index contributed by atoms with van der Waals surface area (Å²) in [4.78, 5) is 20.6. The van der Waals surface area contributed by atoms with Gasteiger partial charge in [-0.15, -0.1) is 0 Å². The third-order valence-electron chi connectivity index (χ3n) is 15.3. The van der Waals surface area contributed by atoms with Crippen molar-refractivity contribution in [1.29, 1.82) is 0 Å². The molecule has 9 heteroatoms. The van der Waals surface area contributed by atoms with Crippen molar-refractivity contribution in [3.05, 3.63) is 0 Å². The maximum atomic E-state index is 11.6. The lowest BCUT2D eigenvalue weighted by Gasteiger charge is -2.44. The summed E-state index contributed by atoms with van der Waals surface area (Å²) >= 11 is 0. The van der Waals surface area contributed by atoms with Gasteiger partial charge in [0.15, 0.2) is 0 Å². The van der Waals surface area contributed by atoms with Crippen molar-refractivity contribution in [2.45, 2.75) is 372 Å². The molecule has 416 valence electrons. The average molecular weight is 1000 g/mol. The Bertz CT molecular complexity index is 937. The lowest BCUT2D eigenvalue weighted by atomic mass is 9.80. The quantitative estimate of drug-likeness (QED) is 0.0262. The van der Waals surface area contributed by atoms with Crippen molar-refractivity contribution in [2.75, 3.05) is 13.2 Å². The van der Waals surface area contributed by atoms with E-state index in [9.17, 15) is 30.2 Å². The monoisotopic (exact) mass is 1000 g/mol. The first-order valence-electron chi connectivity index (χ1n) is 30.9. The Kier molecular flexibility index (Phi) is 54.5. The number of ether oxygens (including phenoxy) is 1. The standard InChI is InChI=1S/C60H123O8P/c1-4-7-10-13-16-19-22-25-28-31-34-37-40-43-46-49-52-60(59(68-69(65)66)58(64)57(63)56(62)55-61,53-50-47-44-41-38-35-32-29-26-23-20-17-14-11-8-5-2)67-54-51-48-45-42-39-36-33-30-27-24-21-18-15-12-9-6-3/h56-59,61-66H,4-55H2,1-3H3/t56-,57-,58+,59-/m1/s1. The fourth-order valence-electron chi connectivity index (χ4n) is 10.6. The van der Waals surface area contributed by atoms with Crippen LogP contribution in [0.15, 0.2) is 0 Å². The predicted molar refractivity (Wildman–Crippen MR) is 298 cm³/mol. The molecular formula is C60H123O8P. The maximum absolute atomic E-state index is 11.6. The van der Waals surface area contributed by atoms with E-state index >= 15 is 0 Å². The van der Waals surface area contributed by atoms with E-state index in [1.54, 1.807) is 0 Å². The topological polar surface area (TPSA) is 140 Å². The van der Waals surface area contributed by atoms with Gasteiger partial charge in [-0.25, -0.2) is 0 Å². The second kappa shape index (κ2) is 54.4. The fourth-order valence-corrected chi connectivity index (χ4v) is 11.1. The zero-order valence-electron chi connectivity index (χ0n) is 46.5. The highest BCUT2D eigenvalue weighted by Gasteiger charge is 2.48. The predicted octanol–water partition coefficient (Wildman–Crippen LogP) is 18.0. The number of aliphatic hydroxyl groups excluding tert-OH is 4. The molecule has 4 atom stereocenters. The lowest BCUT2D eigenvalue weighted by Crippen LogP contribution is -2.58. The van der Waals surface area contributed by atoms with Gasteiger partial charge in [0, 0.05) is 6.61 Å². The van der Waals surface area contributed by atoms with Crippen LogP contribution in [0.5, 0.6) is 0 Å². The van der Waals surface area contributed by atoms with Crippen LogP contribution in [0.3, 0.4) is 0 Å². The smallest absolute Gasteiger partial charge is 0.327 e. The number of hydrogen-bond donors (Lipinski definition) is 6. The Morgan fingerprint density at radius 3 is 0.797 bits per heavy atom. The third-order valence-corrected chi connectivity index (χ3v) is 15.7. The molecular weight excluding hydrogens is 880 g/mol. The van der Waals surface area contributed by atoms with Crippen LogP contribution in [-0.4, -0.2) is 73.4 Å². The Hall–Kier alpha value is 0.110. The van der Waals surface area contributed by atoms with Crippen molar-refractivity contribution >= 4 is 8.60 Å². The molecule has 0 aliphatic carbocycles. The summed E-state index contributed by atoms with van der Waals surface area (Å²) in [5.41, 5.74) is -1.08. The van der Waals surface area contributed by atoms with Gasteiger partial charge in [-0.1, -0.05) is 323 Å². The summed E-state index contributed by atoms with van der Waals surface area (Å²) in [6.45, 7) is 6.56. The minimum Gasteiger partial charge on any atom is -0.394 e. The van der Waals surface area contributed by atoms with Gasteiger partial charge in [-0.05, 0) is 19.3 Å². The van der Waals surface area contributed by atoms with Crippen molar-refractivity contribution < 1.29 is 39.5 Å². The molecule has 0 rings (SSSR count). The molecule has 0 spiro atoms. The Balaban J connectivity index is 5.33. The number of hydrogen-bond acceptors (Lipinski definition) is 8. The largest absolute Gasteiger partial charge is 0.394 e. The van der Waals surface area contributed by atoms with Crippen molar-refractivity contribution in [1.82, 2.24) is 0 Å². The van der Waals surface area contributed by atoms with Crippen molar-refractivity contribution in [3.8, 4) is 0 Å². The maximum Gasteiger partial charge on any atom is 0.327 e. The molecule has 8 nitrogen and oxygen atoms in total. The SMILES string of the molecule is CCCCCCCCCCCCCCCCCCOC(CCCCCCCCCCCCCCCCCC)(CCCCCCCCCCCCCCCCCC)[C@H](OP(O)O)[C@@H](O)[C@H](O)[C@H](O)CO. The van der Waals surface area contributed by atoms with E-state index in [0.29, 0.717) is 19.4 Å². The Labute approximate surface area is 431 Å². The molecule has 0 amide bonds. The van der Waals surface area contributed by atoms with Crippen LogP contribution in [0.1, 0.15) is 342 Å². The van der Waals surface area contributed by atoms with E-state index in [-0.39, 0.29) is 0 Å². The Morgan fingerprint density at radius 2 is 0.565 bits per heavy atom. The first-order chi connectivity index (χ1) is 33.8. The van der Waals surface area contributed by atoms with Gasteiger partial charge < -0.3 is 39.5 Å². The van der Waals surface area contributed by atoms with Gasteiger partial charge in [0.25, 0.3) is 0 Å². The van der Waals surface area contributed by atoms with E-state index < -0.39 is 45.2 Å². The molecule has 0 heterocycles. The summed E-state index contributed by atoms with van der Waals surface area (Å²) in [7, 11) is -2.90. The number of rotatable bonds is 59. The first kappa shape index (κ1) is 69.1. The molecule has 0 saturated heterocycles. The van der Waals surface area contributed by atoms with Gasteiger partial charge >= 0.3 is 8.60 Å². The number of aliphatic hydroxyl groups is 4. The van der Waals surface area contributed by atoms with Crippen LogP contribution in [0.2, 0.25) is 0 Å². The highest BCUT2D eigenvalue weighted by atomic mass is 31.2. The molecule has 0 bridgehead atoms. The molecule has 0 aliphatic heterocycles. The molecule has 0 aromatic carbocycles. The minimum atomic E-state index is -2.90. The average Bonchev–Trinajstić information content (AvgIpc) is 3.35. The zero-order chi connectivity index (χ0) is 50.6. The van der Waals surface area contributed by atoms with E-state index in [1.807, 2.05) is 0 Å². The van der Waals surface area contributed by atoms with E-state index in [4.69, 9.17) is 9.26 Å². The molecule has 6 N–H and O–H groups in total. The highest BCUT2D eigenvalue weighted by molar-refractivity contribution is 7.39. The molecule has 0 unspecified atom stereocenters. The first-order valence-corrected chi connectivity index (χ1v) is 32.1. The molecule has 0 fully saturated rings. The second-order valence-electron chi connectivity index (χ2n) is 21.8. The van der Waals surface area contributed by atoms with Crippen molar-refractivity contribution in [2.24, 2.45) is 0 Å². The Morgan fingerprint density at radius 1 is 0.333 bits per heavy atom. The van der Waals surface area contributed by atoms with Crippen LogP contribution < -0.4 is 0 Å². The zero-order valence-corrected chi connectivity index (χ0v) is 47.4. The summed E-state index contributed by atoms with van der Waals surface area (Å²) in [6, 6.07) is 0. The van der Waals surface area contributed by atoms with E-state index in [2.05, 4.69) is 20.8 Å². The van der Waals surface area contributed by atoms with Gasteiger partial charge in [-0.2, -0.15) is 0 Å². The van der Waals surface area contributed by atoms with Crippen LogP contribution in [-0.2, 0) is 9.26 Å². The molecule has 0 radical (unpaired) electrons. The summed E-state index contributed by atoms with van der Waals surface area (Å²) in [5, 5.41) is 42.8. The summed E-state index contributed by atoms with van der Waals surface area (Å²) in [5.74, 6) is 0. The van der Waals surface area contributed by atoms with Crippen LogP contribution >= 0.6 is 8.60 Å². The molecule has 0 saturated carbocycles. The lowest BCUT2D eigenvalue weighted by molar-refractivity contribution is -0.191. The molecule has 0 aromatic rings. The third kappa shape index (κ3) is 44.2.